The number of hydrogen-bond acceptors (Lipinski definition) is 5. The van der Waals surface area contributed by atoms with Gasteiger partial charge in [-0.3, -0.25) is 4.79 Å². The summed E-state index contributed by atoms with van der Waals surface area (Å²) >= 11 is 0. The molecular weight excluding hydrogens is 248 g/mol. The highest BCUT2D eigenvalue weighted by Crippen LogP contribution is 1.94. The van der Waals surface area contributed by atoms with Crippen molar-refractivity contribution >= 4 is 5.91 Å². The van der Waals surface area contributed by atoms with Gasteiger partial charge in [0.15, 0.2) is 0 Å². The summed E-state index contributed by atoms with van der Waals surface area (Å²) in [7, 11) is 3.35. The predicted molar refractivity (Wildman–Crippen MR) is 70.6 cm³/mol. The number of rotatable bonds is 12. The zero-order valence-corrected chi connectivity index (χ0v) is 11.9. The van der Waals surface area contributed by atoms with Crippen molar-refractivity contribution < 1.29 is 19.0 Å². The molecule has 0 aromatic rings. The molecule has 0 saturated carbocycles. The number of nitriles is 1. The van der Waals surface area contributed by atoms with Crippen LogP contribution in [0.2, 0.25) is 0 Å². The Morgan fingerprint density at radius 3 is 2.47 bits per heavy atom. The Morgan fingerprint density at radius 2 is 1.84 bits per heavy atom. The van der Waals surface area contributed by atoms with Crippen LogP contribution < -0.4 is 0 Å². The first-order valence-electron chi connectivity index (χ1n) is 6.47. The number of carbonyl (C=O) groups excluding carboxylic acids is 1. The Morgan fingerprint density at radius 1 is 1.16 bits per heavy atom. The van der Waals surface area contributed by atoms with E-state index in [1.165, 1.54) is 0 Å². The topological polar surface area (TPSA) is 71.8 Å². The molecule has 6 nitrogen and oxygen atoms in total. The van der Waals surface area contributed by atoms with Crippen LogP contribution in [0.1, 0.15) is 19.3 Å². The summed E-state index contributed by atoms with van der Waals surface area (Å²) in [5, 5.41) is 8.41. The third-order valence-corrected chi connectivity index (χ3v) is 2.45. The minimum atomic E-state index is -0.00346. The molecule has 0 bridgehead atoms. The minimum Gasteiger partial charge on any atom is -0.385 e. The first-order valence-corrected chi connectivity index (χ1v) is 6.47. The molecule has 0 aliphatic heterocycles. The van der Waals surface area contributed by atoms with Gasteiger partial charge in [-0.1, -0.05) is 0 Å². The summed E-state index contributed by atoms with van der Waals surface area (Å²) < 4.78 is 15.5. The highest BCUT2D eigenvalue weighted by Gasteiger charge is 2.07. The van der Waals surface area contributed by atoms with Crippen LogP contribution >= 0.6 is 0 Å². The van der Waals surface area contributed by atoms with Crippen molar-refractivity contribution in [2.75, 3.05) is 53.7 Å². The van der Waals surface area contributed by atoms with E-state index in [1.54, 1.807) is 19.1 Å². The average molecular weight is 272 g/mol. The zero-order chi connectivity index (χ0) is 14.3. The highest BCUT2D eigenvalue weighted by molar-refractivity contribution is 5.75. The Balaban J connectivity index is 3.29. The molecular formula is C13H24N2O4. The second-order valence-corrected chi connectivity index (χ2v) is 4.04. The van der Waals surface area contributed by atoms with Gasteiger partial charge in [-0.2, -0.15) is 5.26 Å². The van der Waals surface area contributed by atoms with Gasteiger partial charge in [-0.05, 0) is 6.42 Å². The monoisotopic (exact) mass is 272 g/mol. The molecule has 0 unspecified atom stereocenters. The largest absolute Gasteiger partial charge is 0.385 e. The maximum Gasteiger partial charge on any atom is 0.224 e. The molecule has 0 aliphatic rings. The van der Waals surface area contributed by atoms with Crippen molar-refractivity contribution in [3.8, 4) is 6.07 Å². The lowest BCUT2D eigenvalue weighted by atomic mass is 10.3. The van der Waals surface area contributed by atoms with Crippen LogP contribution in [-0.2, 0) is 19.0 Å². The summed E-state index contributed by atoms with van der Waals surface area (Å²) in [5.74, 6) is -0.00346. The van der Waals surface area contributed by atoms with Crippen LogP contribution in [0.15, 0.2) is 0 Å². The van der Waals surface area contributed by atoms with Crippen molar-refractivity contribution in [3.63, 3.8) is 0 Å². The van der Waals surface area contributed by atoms with Crippen LogP contribution in [0, 0.1) is 11.3 Å². The van der Waals surface area contributed by atoms with Crippen molar-refractivity contribution in [3.05, 3.63) is 0 Å². The Labute approximate surface area is 115 Å². The summed E-state index contributed by atoms with van der Waals surface area (Å²) in [4.78, 5) is 13.1. The lowest BCUT2D eigenvalue weighted by Crippen LogP contribution is -2.28. The molecule has 19 heavy (non-hydrogen) atoms. The molecule has 0 N–H and O–H groups in total. The fourth-order valence-corrected chi connectivity index (χ4v) is 1.32. The third kappa shape index (κ3) is 11.7. The maximum atomic E-state index is 11.5. The normalized spacial score (nSPS) is 10.2. The molecule has 0 fully saturated rings. The van der Waals surface area contributed by atoms with Crippen LogP contribution in [-0.4, -0.2) is 64.5 Å². The summed E-state index contributed by atoms with van der Waals surface area (Å²) in [6.07, 6.45) is 1.57. The van der Waals surface area contributed by atoms with Gasteiger partial charge in [-0.25, -0.2) is 0 Å². The van der Waals surface area contributed by atoms with Gasteiger partial charge in [0.1, 0.15) is 0 Å². The molecule has 0 spiro atoms. The molecule has 0 heterocycles. The molecule has 1 amide bonds. The van der Waals surface area contributed by atoms with Gasteiger partial charge in [0.2, 0.25) is 5.91 Å². The van der Waals surface area contributed by atoms with Gasteiger partial charge in [0, 0.05) is 33.9 Å². The Hall–Kier alpha value is -1.16. The lowest BCUT2D eigenvalue weighted by molar-refractivity contribution is -0.131. The number of ether oxygens (including phenoxy) is 3. The van der Waals surface area contributed by atoms with E-state index in [1.807, 2.05) is 6.07 Å². The number of methoxy groups -OCH3 is 1. The van der Waals surface area contributed by atoms with E-state index >= 15 is 0 Å². The molecule has 0 aliphatic carbocycles. The smallest absolute Gasteiger partial charge is 0.224 e. The van der Waals surface area contributed by atoms with Gasteiger partial charge in [0.05, 0.1) is 38.7 Å². The molecule has 6 heteroatoms. The molecule has 0 aromatic carbocycles. The molecule has 0 rings (SSSR count). The van der Waals surface area contributed by atoms with Gasteiger partial charge in [-0.15, -0.1) is 0 Å². The standard InChI is InChI=1S/C13H24N2O4/c1-15(7-3-6-14)13(16)5-10-19-12-11-18-9-4-8-17-2/h3-5,7-12H2,1-2H3. The van der Waals surface area contributed by atoms with Crippen molar-refractivity contribution in [2.24, 2.45) is 0 Å². The quantitative estimate of drug-likeness (QED) is 0.492. The molecule has 110 valence electrons. The first-order chi connectivity index (χ1) is 9.22. The fourth-order valence-electron chi connectivity index (χ4n) is 1.32. The lowest BCUT2D eigenvalue weighted by Gasteiger charge is -2.15. The summed E-state index contributed by atoms with van der Waals surface area (Å²) in [5.41, 5.74) is 0. The predicted octanol–water partition coefficient (Wildman–Crippen LogP) is 0.818. The Bertz CT molecular complexity index is 266. The van der Waals surface area contributed by atoms with E-state index < -0.39 is 0 Å². The fraction of sp³-hybridized carbons (Fsp3) is 0.846. The first kappa shape index (κ1) is 17.8. The zero-order valence-electron chi connectivity index (χ0n) is 11.9. The SMILES string of the molecule is COCCCOCCOCCC(=O)N(C)CCC#N. The number of nitrogens with zero attached hydrogens (tertiary/aromatic N) is 2. The number of hydrogen-bond donors (Lipinski definition) is 0. The van der Waals surface area contributed by atoms with Crippen LogP contribution in [0.5, 0.6) is 0 Å². The number of carbonyl (C=O) groups is 1. The maximum absolute atomic E-state index is 11.5. The van der Waals surface area contributed by atoms with Gasteiger partial charge >= 0.3 is 0 Å². The molecule has 0 radical (unpaired) electrons. The third-order valence-electron chi connectivity index (χ3n) is 2.45. The second kappa shape index (κ2) is 13.3. The molecule has 0 saturated heterocycles. The molecule has 0 aromatic heterocycles. The van der Waals surface area contributed by atoms with E-state index in [2.05, 4.69) is 0 Å². The van der Waals surface area contributed by atoms with Crippen LogP contribution in [0.3, 0.4) is 0 Å². The van der Waals surface area contributed by atoms with Crippen molar-refractivity contribution in [1.82, 2.24) is 4.90 Å². The van der Waals surface area contributed by atoms with E-state index in [0.29, 0.717) is 52.4 Å². The second-order valence-electron chi connectivity index (χ2n) is 4.04. The van der Waals surface area contributed by atoms with Crippen molar-refractivity contribution in [1.29, 1.82) is 5.26 Å². The van der Waals surface area contributed by atoms with E-state index in [-0.39, 0.29) is 5.91 Å². The van der Waals surface area contributed by atoms with E-state index in [0.717, 1.165) is 6.42 Å². The minimum absolute atomic E-state index is 0.00346. The number of amides is 1. The summed E-state index contributed by atoms with van der Waals surface area (Å²) in [6, 6.07) is 2.01. The van der Waals surface area contributed by atoms with E-state index in [4.69, 9.17) is 19.5 Å². The van der Waals surface area contributed by atoms with Crippen molar-refractivity contribution in [2.45, 2.75) is 19.3 Å². The summed E-state index contributed by atoms with van der Waals surface area (Å²) in [6.45, 7) is 3.23. The molecule has 0 atom stereocenters. The highest BCUT2D eigenvalue weighted by atomic mass is 16.5. The van der Waals surface area contributed by atoms with Gasteiger partial charge in [0.25, 0.3) is 0 Å². The van der Waals surface area contributed by atoms with Crippen LogP contribution in [0.4, 0.5) is 0 Å². The van der Waals surface area contributed by atoms with Gasteiger partial charge < -0.3 is 19.1 Å². The van der Waals surface area contributed by atoms with Crippen LogP contribution in [0.25, 0.3) is 0 Å². The van der Waals surface area contributed by atoms with E-state index in [9.17, 15) is 4.79 Å². The average Bonchev–Trinajstić information content (AvgIpc) is 2.42. The Kier molecular flexibility index (Phi) is 12.5.